The molecule has 0 aliphatic carbocycles. The van der Waals surface area contributed by atoms with Gasteiger partial charge in [-0.1, -0.05) is 6.07 Å². The molecule has 1 saturated heterocycles. The number of amides is 1. The molecule has 1 heterocycles. The molecule has 24 heavy (non-hydrogen) atoms. The van der Waals surface area contributed by atoms with E-state index in [1.165, 1.54) is 24.9 Å². The van der Waals surface area contributed by atoms with Gasteiger partial charge in [0.2, 0.25) is 5.91 Å². The maximum absolute atomic E-state index is 12.2. The lowest BCUT2D eigenvalue weighted by Gasteiger charge is -2.31. The number of carbonyl (C=O) groups excluding carboxylic acids is 1. The van der Waals surface area contributed by atoms with E-state index in [4.69, 9.17) is 4.74 Å². The summed E-state index contributed by atoms with van der Waals surface area (Å²) in [7, 11) is 1.41. The van der Waals surface area contributed by atoms with Gasteiger partial charge < -0.3 is 15.0 Å². The standard InChI is InChI=1S/C15H21N3O4S.ClH/c1-11-8-17(6-5-16-11)15(19)10-23-9-12-3-4-14(22-2)13(7-12)18(20)21;/h3-4,7,11,16H,5-6,8-10H2,1-2H3;1H. The molecule has 0 radical (unpaired) electrons. The summed E-state index contributed by atoms with van der Waals surface area (Å²) in [5.41, 5.74) is 0.761. The summed E-state index contributed by atoms with van der Waals surface area (Å²) in [5, 5.41) is 14.3. The van der Waals surface area contributed by atoms with E-state index in [-0.39, 0.29) is 29.8 Å². The molecule has 0 aromatic heterocycles. The van der Waals surface area contributed by atoms with Crippen molar-refractivity contribution in [3.8, 4) is 5.75 Å². The molecule has 134 valence electrons. The normalized spacial score (nSPS) is 17.1. The van der Waals surface area contributed by atoms with Gasteiger partial charge in [0.1, 0.15) is 0 Å². The first-order valence-corrected chi connectivity index (χ1v) is 8.57. The molecule has 7 nitrogen and oxygen atoms in total. The first kappa shape index (κ1) is 20.5. The Hall–Kier alpha value is -1.51. The number of methoxy groups -OCH3 is 1. The van der Waals surface area contributed by atoms with Gasteiger partial charge in [0, 0.05) is 37.5 Å². The SMILES string of the molecule is COc1ccc(CSCC(=O)N2CCNC(C)C2)cc1[N+](=O)[O-].Cl. The minimum atomic E-state index is -0.458. The second-order valence-electron chi connectivity index (χ2n) is 5.45. The van der Waals surface area contributed by atoms with Crippen LogP contribution in [0.15, 0.2) is 18.2 Å². The topological polar surface area (TPSA) is 84.7 Å². The van der Waals surface area contributed by atoms with Gasteiger partial charge in [-0.15, -0.1) is 24.2 Å². The summed E-state index contributed by atoms with van der Waals surface area (Å²) in [5.74, 6) is 1.30. The molecule has 1 aromatic rings. The van der Waals surface area contributed by atoms with E-state index in [0.29, 0.717) is 17.5 Å². The van der Waals surface area contributed by atoms with Crippen LogP contribution in [-0.2, 0) is 10.5 Å². The Bertz CT molecular complexity index is 588. The molecule has 1 aliphatic heterocycles. The molecule has 0 spiro atoms. The number of piperazine rings is 1. The Morgan fingerprint density at radius 2 is 2.29 bits per heavy atom. The fourth-order valence-electron chi connectivity index (χ4n) is 2.47. The van der Waals surface area contributed by atoms with Crippen molar-refractivity contribution in [2.24, 2.45) is 0 Å². The molecule has 1 fully saturated rings. The quantitative estimate of drug-likeness (QED) is 0.605. The van der Waals surface area contributed by atoms with E-state index in [1.807, 2.05) is 4.90 Å². The van der Waals surface area contributed by atoms with Gasteiger partial charge in [-0.05, 0) is 18.6 Å². The number of thioether (sulfide) groups is 1. The monoisotopic (exact) mass is 375 g/mol. The fraction of sp³-hybridized carbons (Fsp3) is 0.533. The number of hydrogen-bond acceptors (Lipinski definition) is 6. The van der Waals surface area contributed by atoms with E-state index in [2.05, 4.69) is 12.2 Å². The highest BCUT2D eigenvalue weighted by Gasteiger charge is 2.20. The van der Waals surface area contributed by atoms with Crippen LogP contribution < -0.4 is 10.1 Å². The third-order valence-electron chi connectivity index (χ3n) is 3.66. The number of ether oxygens (including phenoxy) is 1. The van der Waals surface area contributed by atoms with Gasteiger partial charge in [0.15, 0.2) is 5.75 Å². The minimum Gasteiger partial charge on any atom is -0.490 e. The van der Waals surface area contributed by atoms with E-state index in [0.717, 1.165) is 25.2 Å². The number of benzene rings is 1. The molecule has 1 aliphatic rings. The highest BCUT2D eigenvalue weighted by Crippen LogP contribution is 2.29. The third kappa shape index (κ3) is 5.54. The summed E-state index contributed by atoms with van der Waals surface area (Å²) < 4.78 is 4.98. The number of nitrogens with one attached hydrogen (secondary N) is 1. The molecule has 0 bridgehead atoms. The van der Waals surface area contributed by atoms with E-state index in [9.17, 15) is 14.9 Å². The van der Waals surface area contributed by atoms with Gasteiger partial charge in [0.25, 0.3) is 0 Å². The smallest absolute Gasteiger partial charge is 0.311 e. The number of nitro benzene ring substituents is 1. The van der Waals surface area contributed by atoms with Crippen molar-refractivity contribution in [2.75, 3.05) is 32.5 Å². The van der Waals surface area contributed by atoms with Gasteiger partial charge in [-0.25, -0.2) is 0 Å². The summed E-state index contributed by atoms with van der Waals surface area (Å²) in [4.78, 5) is 24.6. The van der Waals surface area contributed by atoms with Crippen LogP contribution in [0.1, 0.15) is 12.5 Å². The summed E-state index contributed by atoms with van der Waals surface area (Å²) >= 11 is 1.47. The van der Waals surface area contributed by atoms with E-state index in [1.54, 1.807) is 12.1 Å². The average Bonchev–Trinajstić information content (AvgIpc) is 2.54. The number of hydrogen-bond donors (Lipinski definition) is 1. The second kappa shape index (κ2) is 9.71. The van der Waals surface area contributed by atoms with Crippen molar-refractivity contribution >= 4 is 35.8 Å². The van der Waals surface area contributed by atoms with Crippen molar-refractivity contribution in [3.63, 3.8) is 0 Å². The molecule has 1 unspecified atom stereocenters. The maximum Gasteiger partial charge on any atom is 0.311 e. The molecule has 1 amide bonds. The number of rotatable bonds is 6. The highest BCUT2D eigenvalue weighted by molar-refractivity contribution is 7.99. The van der Waals surface area contributed by atoms with Gasteiger partial charge in [0.05, 0.1) is 17.8 Å². The van der Waals surface area contributed by atoms with Crippen molar-refractivity contribution in [3.05, 3.63) is 33.9 Å². The zero-order chi connectivity index (χ0) is 16.8. The van der Waals surface area contributed by atoms with Crippen LogP contribution in [-0.4, -0.2) is 54.3 Å². The van der Waals surface area contributed by atoms with Crippen LogP contribution in [0.25, 0.3) is 0 Å². The Labute approximate surface area is 151 Å². The van der Waals surface area contributed by atoms with E-state index >= 15 is 0 Å². The first-order valence-electron chi connectivity index (χ1n) is 7.41. The summed E-state index contributed by atoms with van der Waals surface area (Å²) in [6, 6.07) is 5.20. The highest BCUT2D eigenvalue weighted by atomic mass is 35.5. The van der Waals surface area contributed by atoms with Gasteiger partial charge in [-0.2, -0.15) is 0 Å². The second-order valence-corrected chi connectivity index (χ2v) is 6.44. The summed E-state index contributed by atoms with van der Waals surface area (Å²) in [6.07, 6.45) is 0. The molecule has 1 aromatic carbocycles. The Morgan fingerprint density at radius 3 is 2.92 bits per heavy atom. The lowest BCUT2D eigenvalue weighted by Crippen LogP contribution is -2.51. The van der Waals surface area contributed by atoms with Crippen molar-refractivity contribution in [2.45, 2.75) is 18.7 Å². The zero-order valence-electron chi connectivity index (χ0n) is 13.7. The minimum absolute atomic E-state index is 0. The predicted octanol–water partition coefficient (Wildman–Crippen LogP) is 2.08. The fourth-order valence-corrected chi connectivity index (χ4v) is 3.35. The number of nitrogens with zero attached hydrogens (tertiary/aromatic N) is 2. The maximum atomic E-state index is 12.2. The number of carbonyl (C=O) groups is 1. The lowest BCUT2D eigenvalue weighted by molar-refractivity contribution is -0.385. The van der Waals surface area contributed by atoms with Crippen molar-refractivity contribution < 1.29 is 14.5 Å². The third-order valence-corrected chi connectivity index (χ3v) is 4.64. The molecule has 1 atom stereocenters. The van der Waals surface area contributed by atoms with Gasteiger partial charge in [-0.3, -0.25) is 14.9 Å². The number of nitro groups is 1. The van der Waals surface area contributed by atoms with Crippen LogP contribution in [0.4, 0.5) is 5.69 Å². The molecular formula is C15H22ClN3O4S. The number of halogens is 1. The Morgan fingerprint density at radius 1 is 1.54 bits per heavy atom. The van der Waals surface area contributed by atoms with Crippen LogP contribution in [0, 0.1) is 10.1 Å². The Balaban J connectivity index is 0.00000288. The lowest BCUT2D eigenvalue weighted by atomic mass is 10.2. The van der Waals surface area contributed by atoms with Crippen LogP contribution in [0.2, 0.25) is 0 Å². The van der Waals surface area contributed by atoms with E-state index < -0.39 is 4.92 Å². The average molecular weight is 376 g/mol. The van der Waals surface area contributed by atoms with Crippen LogP contribution in [0.3, 0.4) is 0 Å². The molecule has 0 saturated carbocycles. The molecule has 9 heteroatoms. The Kier molecular flexibility index (Phi) is 8.30. The summed E-state index contributed by atoms with van der Waals surface area (Å²) in [6.45, 7) is 4.34. The predicted molar refractivity (Wildman–Crippen MR) is 97.1 cm³/mol. The molecular weight excluding hydrogens is 354 g/mol. The zero-order valence-corrected chi connectivity index (χ0v) is 15.3. The van der Waals surface area contributed by atoms with Crippen molar-refractivity contribution in [1.29, 1.82) is 0 Å². The van der Waals surface area contributed by atoms with Crippen LogP contribution >= 0.6 is 24.2 Å². The van der Waals surface area contributed by atoms with Gasteiger partial charge >= 0.3 is 5.69 Å². The largest absolute Gasteiger partial charge is 0.490 e. The molecule has 2 rings (SSSR count). The van der Waals surface area contributed by atoms with Crippen LogP contribution in [0.5, 0.6) is 5.75 Å². The molecule has 1 N–H and O–H groups in total. The first-order chi connectivity index (χ1) is 11.0. The van der Waals surface area contributed by atoms with Crippen molar-refractivity contribution in [1.82, 2.24) is 10.2 Å².